The molecule has 2 aromatic heterocycles. The highest BCUT2D eigenvalue weighted by molar-refractivity contribution is 5.82. The number of rotatable bonds is 5. The minimum Gasteiger partial charge on any atom is -0.349 e. The summed E-state index contributed by atoms with van der Waals surface area (Å²) in [6.45, 7) is 4.14. The molecule has 0 aliphatic rings. The predicted molar refractivity (Wildman–Crippen MR) is 90.3 cm³/mol. The van der Waals surface area contributed by atoms with E-state index in [1.165, 1.54) is 10.9 Å². The fraction of sp³-hybridized carbons (Fsp3) is 0.294. The molecule has 1 unspecified atom stereocenters. The van der Waals surface area contributed by atoms with Crippen LogP contribution < -0.4 is 10.9 Å². The van der Waals surface area contributed by atoms with Crippen LogP contribution in [0.25, 0.3) is 10.9 Å². The highest BCUT2D eigenvalue weighted by Gasteiger charge is 2.25. The lowest BCUT2D eigenvalue weighted by atomic mass is 10.0. The number of carbonyl (C=O) groups excluding carboxylic acids is 1. The van der Waals surface area contributed by atoms with Crippen LogP contribution in [0.1, 0.15) is 25.6 Å². The van der Waals surface area contributed by atoms with Crippen molar-refractivity contribution in [3.8, 4) is 0 Å². The van der Waals surface area contributed by atoms with Crippen molar-refractivity contribution in [1.29, 1.82) is 0 Å². The van der Waals surface area contributed by atoms with E-state index < -0.39 is 6.04 Å². The standard InChI is InChI=1S/C17H19N5O2/c1-11(2)15(16(23)18-9-12-7-8-20-21-12)22-10-19-14-6-4-3-5-13(14)17(22)24/h3-8,10-11,15H,9H2,1-2H3,(H,18,23)(H,20,21). The number of amides is 1. The Hall–Kier alpha value is -2.96. The SMILES string of the molecule is CC(C)C(C(=O)NCc1ccn[nH]1)n1cnc2ccccc2c1=O. The molecule has 3 aromatic rings. The molecule has 3 rings (SSSR count). The monoisotopic (exact) mass is 325 g/mol. The summed E-state index contributed by atoms with van der Waals surface area (Å²) in [5.74, 6) is -0.286. The van der Waals surface area contributed by atoms with Gasteiger partial charge in [0, 0.05) is 6.20 Å². The highest BCUT2D eigenvalue weighted by Crippen LogP contribution is 2.17. The van der Waals surface area contributed by atoms with Crippen LogP contribution in [0.2, 0.25) is 0 Å². The van der Waals surface area contributed by atoms with E-state index in [-0.39, 0.29) is 17.4 Å². The summed E-state index contributed by atoms with van der Waals surface area (Å²) in [4.78, 5) is 29.7. The van der Waals surface area contributed by atoms with Crippen molar-refractivity contribution in [2.75, 3.05) is 0 Å². The molecule has 0 radical (unpaired) electrons. The smallest absolute Gasteiger partial charge is 0.261 e. The molecule has 1 atom stereocenters. The van der Waals surface area contributed by atoms with E-state index in [4.69, 9.17) is 0 Å². The van der Waals surface area contributed by atoms with Gasteiger partial charge in [0.15, 0.2) is 0 Å². The quantitative estimate of drug-likeness (QED) is 0.746. The third-order valence-corrected chi connectivity index (χ3v) is 3.90. The zero-order valence-electron chi connectivity index (χ0n) is 13.6. The van der Waals surface area contributed by atoms with Crippen molar-refractivity contribution < 1.29 is 4.79 Å². The molecule has 0 aliphatic heterocycles. The second-order valence-electron chi connectivity index (χ2n) is 5.96. The lowest BCUT2D eigenvalue weighted by Gasteiger charge is -2.22. The Bertz CT molecular complexity index is 899. The van der Waals surface area contributed by atoms with Gasteiger partial charge in [0.1, 0.15) is 6.04 Å². The Balaban J connectivity index is 1.92. The van der Waals surface area contributed by atoms with Crippen LogP contribution in [0.5, 0.6) is 0 Å². The number of para-hydroxylation sites is 1. The number of fused-ring (bicyclic) bond motifs is 1. The number of hydrogen-bond acceptors (Lipinski definition) is 4. The van der Waals surface area contributed by atoms with Gasteiger partial charge >= 0.3 is 0 Å². The Kier molecular flexibility index (Phi) is 4.41. The lowest BCUT2D eigenvalue weighted by Crippen LogP contribution is -2.39. The molecule has 7 nitrogen and oxygen atoms in total. The van der Waals surface area contributed by atoms with Gasteiger partial charge in [0.05, 0.1) is 29.5 Å². The summed E-state index contributed by atoms with van der Waals surface area (Å²) < 4.78 is 1.41. The maximum absolute atomic E-state index is 12.7. The van der Waals surface area contributed by atoms with Crippen molar-refractivity contribution in [2.45, 2.75) is 26.4 Å². The molecule has 2 N–H and O–H groups in total. The first-order chi connectivity index (χ1) is 11.6. The molecule has 1 aromatic carbocycles. The second kappa shape index (κ2) is 6.66. The van der Waals surface area contributed by atoms with E-state index in [0.717, 1.165) is 5.69 Å². The fourth-order valence-corrected chi connectivity index (χ4v) is 2.70. The molecule has 0 fully saturated rings. The van der Waals surface area contributed by atoms with E-state index in [0.29, 0.717) is 17.4 Å². The number of nitrogens with zero attached hydrogens (tertiary/aromatic N) is 3. The zero-order valence-corrected chi connectivity index (χ0v) is 13.6. The van der Waals surface area contributed by atoms with Crippen molar-refractivity contribution in [1.82, 2.24) is 25.1 Å². The number of benzene rings is 1. The predicted octanol–water partition coefficient (Wildman–Crippen LogP) is 1.63. The van der Waals surface area contributed by atoms with Gasteiger partial charge in [-0.2, -0.15) is 5.10 Å². The first kappa shape index (κ1) is 15.9. The molecular formula is C17H19N5O2. The lowest BCUT2D eigenvalue weighted by molar-refractivity contribution is -0.125. The number of hydrogen-bond donors (Lipinski definition) is 2. The summed E-state index contributed by atoms with van der Waals surface area (Å²) in [6, 6.07) is 8.28. The van der Waals surface area contributed by atoms with Crippen LogP contribution in [-0.2, 0) is 11.3 Å². The van der Waals surface area contributed by atoms with Gasteiger partial charge in [-0.05, 0) is 24.1 Å². The molecule has 0 saturated heterocycles. The first-order valence-corrected chi connectivity index (χ1v) is 7.80. The average Bonchev–Trinajstić information content (AvgIpc) is 3.09. The van der Waals surface area contributed by atoms with Crippen molar-refractivity contribution in [3.63, 3.8) is 0 Å². The Labute approximate surface area is 138 Å². The largest absolute Gasteiger partial charge is 0.349 e. The Morgan fingerprint density at radius 3 is 2.79 bits per heavy atom. The van der Waals surface area contributed by atoms with E-state index >= 15 is 0 Å². The number of H-pyrrole nitrogens is 1. The van der Waals surface area contributed by atoms with E-state index in [9.17, 15) is 9.59 Å². The van der Waals surface area contributed by atoms with E-state index in [1.807, 2.05) is 19.9 Å². The maximum Gasteiger partial charge on any atom is 0.261 e. The van der Waals surface area contributed by atoms with Gasteiger partial charge in [-0.15, -0.1) is 0 Å². The third kappa shape index (κ3) is 3.05. The molecular weight excluding hydrogens is 306 g/mol. The minimum absolute atomic E-state index is 0.0626. The number of carbonyl (C=O) groups is 1. The first-order valence-electron chi connectivity index (χ1n) is 7.80. The van der Waals surface area contributed by atoms with Gasteiger partial charge in [0.2, 0.25) is 5.91 Å². The van der Waals surface area contributed by atoms with Crippen molar-refractivity contribution >= 4 is 16.8 Å². The molecule has 7 heteroatoms. The second-order valence-corrected chi connectivity index (χ2v) is 5.96. The summed E-state index contributed by atoms with van der Waals surface area (Å²) in [7, 11) is 0. The van der Waals surface area contributed by atoms with E-state index in [2.05, 4.69) is 20.5 Å². The van der Waals surface area contributed by atoms with Crippen LogP contribution in [-0.4, -0.2) is 25.7 Å². The average molecular weight is 325 g/mol. The summed E-state index contributed by atoms with van der Waals surface area (Å²) in [6.07, 6.45) is 3.07. The minimum atomic E-state index is -0.627. The fourth-order valence-electron chi connectivity index (χ4n) is 2.70. The molecule has 24 heavy (non-hydrogen) atoms. The molecule has 2 heterocycles. The van der Waals surface area contributed by atoms with Crippen molar-refractivity contribution in [3.05, 3.63) is 58.9 Å². The molecule has 0 saturated carbocycles. The molecule has 0 spiro atoms. The molecule has 0 aliphatic carbocycles. The topological polar surface area (TPSA) is 92.7 Å². The van der Waals surface area contributed by atoms with Gasteiger partial charge in [-0.1, -0.05) is 26.0 Å². The van der Waals surface area contributed by atoms with Gasteiger partial charge in [-0.25, -0.2) is 4.98 Å². The Morgan fingerprint density at radius 2 is 2.08 bits per heavy atom. The van der Waals surface area contributed by atoms with Crippen LogP contribution in [0.3, 0.4) is 0 Å². The van der Waals surface area contributed by atoms with Crippen molar-refractivity contribution in [2.24, 2.45) is 5.92 Å². The highest BCUT2D eigenvalue weighted by atomic mass is 16.2. The molecule has 1 amide bonds. The van der Waals surface area contributed by atoms with Gasteiger partial charge < -0.3 is 5.32 Å². The zero-order chi connectivity index (χ0) is 17.1. The number of nitrogens with one attached hydrogen (secondary N) is 2. The van der Waals surface area contributed by atoms with Crippen LogP contribution in [0, 0.1) is 5.92 Å². The Morgan fingerprint density at radius 1 is 1.29 bits per heavy atom. The number of aromatic nitrogens is 4. The van der Waals surface area contributed by atoms with Gasteiger partial charge in [-0.3, -0.25) is 19.3 Å². The van der Waals surface area contributed by atoms with Crippen LogP contribution >= 0.6 is 0 Å². The normalized spacial score (nSPS) is 12.5. The number of aromatic amines is 1. The van der Waals surface area contributed by atoms with Crippen LogP contribution in [0.4, 0.5) is 0 Å². The molecule has 0 bridgehead atoms. The van der Waals surface area contributed by atoms with Crippen LogP contribution in [0.15, 0.2) is 47.7 Å². The maximum atomic E-state index is 12.7. The van der Waals surface area contributed by atoms with Gasteiger partial charge in [0.25, 0.3) is 5.56 Å². The molecule has 124 valence electrons. The summed E-state index contributed by atoms with van der Waals surface area (Å²) in [5, 5.41) is 9.98. The third-order valence-electron chi connectivity index (χ3n) is 3.90. The summed E-state index contributed by atoms with van der Waals surface area (Å²) in [5.41, 5.74) is 1.21. The summed E-state index contributed by atoms with van der Waals surface area (Å²) >= 11 is 0. The van der Waals surface area contributed by atoms with E-state index in [1.54, 1.807) is 30.5 Å².